The van der Waals surface area contributed by atoms with Gasteiger partial charge in [0, 0.05) is 12.6 Å². The van der Waals surface area contributed by atoms with Gasteiger partial charge in [-0.05, 0) is 20.8 Å². The van der Waals surface area contributed by atoms with Gasteiger partial charge in [0.15, 0.2) is 17.3 Å². The van der Waals surface area contributed by atoms with Gasteiger partial charge >= 0.3 is 0 Å². The number of nitrogens with zero attached hydrogens (tertiary/aromatic N) is 4. The summed E-state index contributed by atoms with van der Waals surface area (Å²) in [4.78, 5) is 15.6. The minimum absolute atomic E-state index is 0.00880. The number of Topliss-reactive ketones (excluding diaryl/α,β-unsaturated/α-hetero) is 1. The number of carbonyl (C=O) groups is 1. The number of hydrogen-bond acceptors (Lipinski definition) is 4. The maximum absolute atomic E-state index is 11.4. The molecule has 0 fully saturated rings. The Morgan fingerprint density at radius 1 is 1.43 bits per heavy atom. The lowest BCUT2D eigenvalue weighted by Crippen LogP contribution is -2.23. The Balaban J connectivity index is 2.59. The van der Waals surface area contributed by atoms with Crippen LogP contribution in [0.15, 0.2) is 4.99 Å². The molecular formula is C9H12N4O. The predicted molar refractivity (Wildman–Crippen MR) is 52.1 cm³/mol. The Hall–Kier alpha value is -1.52. The summed E-state index contributed by atoms with van der Waals surface area (Å²) in [5.41, 5.74) is 0.192. The van der Waals surface area contributed by atoms with E-state index in [0.717, 1.165) is 0 Å². The number of fused-ring (bicyclic) bond motifs is 1. The van der Waals surface area contributed by atoms with Gasteiger partial charge in [0.1, 0.15) is 0 Å². The molecule has 74 valence electrons. The first-order chi connectivity index (χ1) is 6.50. The third-order valence-electron chi connectivity index (χ3n) is 2.04. The minimum Gasteiger partial charge on any atom is -0.292 e. The van der Waals surface area contributed by atoms with Crippen molar-refractivity contribution in [1.82, 2.24) is 15.0 Å². The monoisotopic (exact) mass is 192 g/mol. The molecule has 5 nitrogen and oxygen atoms in total. The molecule has 0 bridgehead atoms. The molecule has 0 atom stereocenters. The maximum atomic E-state index is 11.4. The highest BCUT2D eigenvalue weighted by Crippen LogP contribution is 2.26. The SMILES string of the molecule is CC(C)(C)n1nnc2c1N=CCC2=O. The van der Waals surface area contributed by atoms with E-state index in [0.29, 0.717) is 17.9 Å². The molecule has 0 aromatic carbocycles. The smallest absolute Gasteiger partial charge is 0.192 e. The number of carbonyl (C=O) groups excluding carboxylic acids is 1. The van der Waals surface area contributed by atoms with Gasteiger partial charge in [0.2, 0.25) is 0 Å². The molecular weight excluding hydrogens is 180 g/mol. The highest BCUT2D eigenvalue weighted by Gasteiger charge is 2.26. The second-order valence-corrected chi connectivity index (χ2v) is 4.28. The van der Waals surface area contributed by atoms with Gasteiger partial charge in [-0.3, -0.25) is 4.79 Å². The van der Waals surface area contributed by atoms with Crippen molar-refractivity contribution in [3.63, 3.8) is 0 Å². The lowest BCUT2D eigenvalue weighted by atomic mass is 10.1. The highest BCUT2D eigenvalue weighted by molar-refractivity contribution is 6.07. The molecule has 1 aromatic rings. The molecule has 0 unspecified atom stereocenters. The Bertz CT molecular complexity index is 411. The number of aliphatic imine (C=N–C) groups is 1. The molecule has 2 heterocycles. The standard InChI is InChI=1S/C9H12N4O/c1-9(2,3)13-8-7(11-12-13)6(14)4-5-10-8/h5H,4H2,1-3H3. The third-order valence-corrected chi connectivity index (χ3v) is 2.04. The molecule has 1 aliphatic rings. The number of rotatable bonds is 0. The summed E-state index contributed by atoms with van der Waals surface area (Å²) in [7, 11) is 0. The van der Waals surface area contributed by atoms with Crippen LogP contribution in [0.1, 0.15) is 37.7 Å². The van der Waals surface area contributed by atoms with Crippen LogP contribution in [-0.4, -0.2) is 27.0 Å². The van der Waals surface area contributed by atoms with Crippen LogP contribution < -0.4 is 0 Å². The van der Waals surface area contributed by atoms with Crippen LogP contribution in [-0.2, 0) is 5.54 Å². The van der Waals surface area contributed by atoms with E-state index in [1.54, 1.807) is 10.9 Å². The molecule has 2 rings (SSSR count). The first-order valence-electron chi connectivity index (χ1n) is 4.52. The Morgan fingerprint density at radius 3 is 2.79 bits per heavy atom. The highest BCUT2D eigenvalue weighted by atomic mass is 16.1. The van der Waals surface area contributed by atoms with Crippen LogP contribution in [0, 0.1) is 0 Å². The number of aromatic nitrogens is 3. The van der Waals surface area contributed by atoms with Crippen LogP contribution in [0.5, 0.6) is 0 Å². The maximum Gasteiger partial charge on any atom is 0.192 e. The van der Waals surface area contributed by atoms with Crippen molar-refractivity contribution in [3.05, 3.63) is 5.69 Å². The van der Waals surface area contributed by atoms with E-state index < -0.39 is 0 Å². The predicted octanol–water partition coefficient (Wildman–Crippen LogP) is 1.32. The second kappa shape index (κ2) is 2.73. The average molecular weight is 192 g/mol. The fraction of sp³-hybridized carbons (Fsp3) is 0.556. The summed E-state index contributed by atoms with van der Waals surface area (Å²) >= 11 is 0. The first kappa shape index (κ1) is 9.05. The summed E-state index contributed by atoms with van der Waals surface area (Å²) in [5.74, 6) is 0.569. The molecule has 0 saturated carbocycles. The normalized spacial score (nSPS) is 15.8. The van der Waals surface area contributed by atoms with Crippen molar-refractivity contribution in [2.45, 2.75) is 32.7 Å². The Kier molecular flexibility index (Phi) is 1.77. The van der Waals surface area contributed by atoms with Crippen molar-refractivity contribution in [2.24, 2.45) is 4.99 Å². The molecule has 0 spiro atoms. The van der Waals surface area contributed by atoms with Gasteiger partial charge in [0.05, 0.1) is 5.54 Å². The zero-order chi connectivity index (χ0) is 10.3. The lowest BCUT2D eigenvalue weighted by Gasteiger charge is -2.20. The summed E-state index contributed by atoms with van der Waals surface area (Å²) in [6.45, 7) is 5.99. The second-order valence-electron chi connectivity index (χ2n) is 4.28. The van der Waals surface area contributed by atoms with Crippen molar-refractivity contribution in [3.8, 4) is 0 Å². The van der Waals surface area contributed by atoms with E-state index in [9.17, 15) is 4.79 Å². The van der Waals surface area contributed by atoms with Crippen molar-refractivity contribution >= 4 is 17.8 Å². The van der Waals surface area contributed by atoms with Crippen molar-refractivity contribution < 1.29 is 4.79 Å². The van der Waals surface area contributed by atoms with Gasteiger partial charge in [0.25, 0.3) is 0 Å². The number of hydrogen-bond donors (Lipinski definition) is 0. The fourth-order valence-corrected chi connectivity index (χ4v) is 1.34. The molecule has 0 saturated heterocycles. The van der Waals surface area contributed by atoms with Crippen LogP contribution in [0.4, 0.5) is 5.82 Å². The average Bonchev–Trinajstić information content (AvgIpc) is 2.47. The van der Waals surface area contributed by atoms with E-state index in [4.69, 9.17) is 0 Å². The molecule has 0 amide bonds. The third kappa shape index (κ3) is 1.25. The fourth-order valence-electron chi connectivity index (χ4n) is 1.34. The summed E-state index contributed by atoms with van der Waals surface area (Å²) in [6.07, 6.45) is 1.94. The molecule has 1 aliphatic heterocycles. The first-order valence-corrected chi connectivity index (χ1v) is 4.52. The summed E-state index contributed by atoms with van der Waals surface area (Å²) < 4.78 is 1.68. The van der Waals surface area contributed by atoms with E-state index in [2.05, 4.69) is 15.3 Å². The van der Waals surface area contributed by atoms with Gasteiger partial charge in [-0.2, -0.15) is 0 Å². The quantitative estimate of drug-likeness (QED) is 0.622. The van der Waals surface area contributed by atoms with E-state index in [1.165, 1.54) is 0 Å². The van der Waals surface area contributed by atoms with Crippen LogP contribution in [0.3, 0.4) is 0 Å². The van der Waals surface area contributed by atoms with E-state index >= 15 is 0 Å². The van der Waals surface area contributed by atoms with Gasteiger partial charge in [-0.25, -0.2) is 9.67 Å². The Morgan fingerprint density at radius 2 is 2.14 bits per heavy atom. The summed E-state index contributed by atoms with van der Waals surface area (Å²) in [6, 6.07) is 0. The van der Waals surface area contributed by atoms with Gasteiger partial charge in [-0.15, -0.1) is 5.10 Å². The van der Waals surface area contributed by atoms with Crippen molar-refractivity contribution in [2.75, 3.05) is 0 Å². The van der Waals surface area contributed by atoms with Gasteiger partial charge < -0.3 is 0 Å². The topological polar surface area (TPSA) is 60.1 Å². The van der Waals surface area contributed by atoms with Crippen LogP contribution in [0.2, 0.25) is 0 Å². The minimum atomic E-state index is -0.199. The lowest BCUT2D eigenvalue weighted by molar-refractivity contribution is 0.0996. The molecule has 0 N–H and O–H groups in total. The number of ketones is 1. The zero-order valence-electron chi connectivity index (χ0n) is 8.48. The molecule has 0 aliphatic carbocycles. The summed E-state index contributed by atoms with van der Waals surface area (Å²) in [5, 5.41) is 7.81. The van der Waals surface area contributed by atoms with E-state index in [1.807, 2.05) is 20.8 Å². The zero-order valence-corrected chi connectivity index (χ0v) is 8.48. The van der Waals surface area contributed by atoms with Gasteiger partial charge in [-0.1, -0.05) is 5.21 Å². The van der Waals surface area contributed by atoms with E-state index in [-0.39, 0.29) is 11.3 Å². The van der Waals surface area contributed by atoms with Crippen LogP contribution in [0.25, 0.3) is 0 Å². The largest absolute Gasteiger partial charge is 0.292 e. The van der Waals surface area contributed by atoms with Crippen molar-refractivity contribution in [1.29, 1.82) is 0 Å². The van der Waals surface area contributed by atoms with Crippen LogP contribution >= 0.6 is 0 Å². The molecule has 5 heteroatoms. The molecule has 1 aromatic heterocycles. The Labute approximate surface area is 81.8 Å². The molecule has 0 radical (unpaired) electrons. The molecule has 14 heavy (non-hydrogen) atoms.